The molecule has 0 fully saturated rings. The monoisotopic (exact) mass is 444 g/mol. The molecule has 0 N–H and O–H groups in total. The molecule has 33 heavy (non-hydrogen) atoms. The Morgan fingerprint density at radius 2 is 1.18 bits per heavy atom. The van der Waals surface area contributed by atoms with Crippen molar-refractivity contribution in [3.8, 4) is 0 Å². The SMILES string of the molecule is C=C(C)COC(=O)c1cc(C(=O)OCc2ccccc2)ccc1C(=O)OCc1ccccc1. The Balaban J connectivity index is 1.79. The molecule has 0 spiro atoms. The number of esters is 3. The van der Waals surface area contributed by atoms with Crippen molar-refractivity contribution < 1.29 is 28.6 Å². The van der Waals surface area contributed by atoms with Crippen molar-refractivity contribution >= 4 is 17.9 Å². The van der Waals surface area contributed by atoms with Gasteiger partial charge in [-0.2, -0.15) is 0 Å². The quantitative estimate of drug-likeness (QED) is 0.259. The van der Waals surface area contributed by atoms with E-state index >= 15 is 0 Å². The van der Waals surface area contributed by atoms with E-state index in [0.717, 1.165) is 11.1 Å². The van der Waals surface area contributed by atoms with Gasteiger partial charge in [0.25, 0.3) is 0 Å². The van der Waals surface area contributed by atoms with Crippen molar-refractivity contribution in [1.29, 1.82) is 0 Å². The van der Waals surface area contributed by atoms with Crippen molar-refractivity contribution in [2.24, 2.45) is 0 Å². The highest BCUT2D eigenvalue weighted by Crippen LogP contribution is 2.18. The number of ether oxygens (including phenoxy) is 3. The second kappa shape index (κ2) is 11.4. The molecule has 0 saturated heterocycles. The zero-order valence-electron chi connectivity index (χ0n) is 18.3. The zero-order chi connectivity index (χ0) is 23.6. The molecule has 0 aliphatic heterocycles. The molecule has 0 saturated carbocycles. The summed E-state index contributed by atoms with van der Waals surface area (Å²) in [5.74, 6) is -2.09. The van der Waals surface area contributed by atoms with Crippen LogP contribution in [0.3, 0.4) is 0 Å². The van der Waals surface area contributed by atoms with Gasteiger partial charge in [-0.15, -0.1) is 0 Å². The second-order valence-electron chi connectivity index (χ2n) is 7.42. The van der Waals surface area contributed by atoms with Gasteiger partial charge in [0.15, 0.2) is 0 Å². The lowest BCUT2D eigenvalue weighted by Gasteiger charge is -2.12. The normalized spacial score (nSPS) is 10.2. The molecule has 0 unspecified atom stereocenters. The lowest BCUT2D eigenvalue weighted by atomic mass is 10.0. The fourth-order valence-corrected chi connectivity index (χ4v) is 2.89. The minimum absolute atomic E-state index is 0.00254. The van der Waals surface area contributed by atoms with Gasteiger partial charge < -0.3 is 14.2 Å². The fourth-order valence-electron chi connectivity index (χ4n) is 2.89. The topological polar surface area (TPSA) is 78.9 Å². The summed E-state index contributed by atoms with van der Waals surface area (Å²) in [4.78, 5) is 37.9. The third kappa shape index (κ3) is 6.90. The third-order valence-electron chi connectivity index (χ3n) is 4.57. The van der Waals surface area contributed by atoms with Gasteiger partial charge in [-0.3, -0.25) is 0 Å². The van der Waals surface area contributed by atoms with Crippen LogP contribution in [-0.4, -0.2) is 24.5 Å². The first-order chi connectivity index (χ1) is 15.9. The molecule has 3 aromatic carbocycles. The molecule has 0 heterocycles. The first-order valence-corrected chi connectivity index (χ1v) is 10.3. The molecule has 6 heteroatoms. The summed E-state index contributed by atoms with van der Waals surface area (Å²) in [6.07, 6.45) is 0. The Morgan fingerprint density at radius 3 is 1.73 bits per heavy atom. The summed E-state index contributed by atoms with van der Waals surface area (Å²) in [6.45, 7) is 5.51. The van der Waals surface area contributed by atoms with Crippen LogP contribution in [0.25, 0.3) is 0 Å². The Kier molecular flexibility index (Phi) is 8.13. The maximum absolute atomic E-state index is 12.7. The van der Waals surface area contributed by atoms with Crippen LogP contribution >= 0.6 is 0 Å². The van der Waals surface area contributed by atoms with E-state index < -0.39 is 17.9 Å². The molecule has 6 nitrogen and oxygen atoms in total. The van der Waals surface area contributed by atoms with Crippen molar-refractivity contribution in [3.05, 3.63) is 119 Å². The highest BCUT2D eigenvalue weighted by Gasteiger charge is 2.22. The van der Waals surface area contributed by atoms with Gasteiger partial charge in [-0.25, -0.2) is 14.4 Å². The van der Waals surface area contributed by atoms with Crippen LogP contribution in [0, 0.1) is 0 Å². The van der Waals surface area contributed by atoms with Crippen molar-refractivity contribution in [3.63, 3.8) is 0 Å². The van der Waals surface area contributed by atoms with Crippen LogP contribution in [0.15, 0.2) is 91.0 Å². The van der Waals surface area contributed by atoms with E-state index in [4.69, 9.17) is 14.2 Å². The Hall–Kier alpha value is -4.19. The number of benzene rings is 3. The Bertz CT molecular complexity index is 1140. The molecule has 168 valence electrons. The Morgan fingerprint density at radius 1 is 0.667 bits per heavy atom. The summed E-state index contributed by atoms with van der Waals surface area (Å²) < 4.78 is 15.9. The number of rotatable bonds is 9. The predicted molar refractivity (Wildman–Crippen MR) is 123 cm³/mol. The zero-order valence-corrected chi connectivity index (χ0v) is 18.3. The fraction of sp³-hybridized carbons (Fsp3) is 0.148. The van der Waals surface area contributed by atoms with Gasteiger partial charge in [-0.1, -0.05) is 67.2 Å². The van der Waals surface area contributed by atoms with Gasteiger partial charge in [0.05, 0.1) is 16.7 Å². The van der Waals surface area contributed by atoms with E-state index in [1.54, 1.807) is 6.92 Å². The first kappa shape index (κ1) is 23.5. The standard InChI is InChI=1S/C27H24O6/c1-19(2)16-31-27(30)24-15-22(25(28)32-17-20-9-5-3-6-10-20)13-14-23(24)26(29)33-18-21-11-7-4-8-12-21/h3-15H,1,16-18H2,2H3. The second-order valence-corrected chi connectivity index (χ2v) is 7.42. The number of carbonyl (C=O) groups excluding carboxylic acids is 3. The predicted octanol–water partition coefficient (Wildman–Crippen LogP) is 5.13. The lowest BCUT2D eigenvalue weighted by molar-refractivity contribution is 0.0442. The molecule has 0 radical (unpaired) electrons. The Labute approximate surface area is 192 Å². The first-order valence-electron chi connectivity index (χ1n) is 10.3. The van der Waals surface area contributed by atoms with Gasteiger partial charge in [0.1, 0.15) is 19.8 Å². The van der Waals surface area contributed by atoms with E-state index in [2.05, 4.69) is 6.58 Å². The maximum Gasteiger partial charge on any atom is 0.339 e. The lowest BCUT2D eigenvalue weighted by Crippen LogP contribution is -2.16. The average Bonchev–Trinajstić information content (AvgIpc) is 2.85. The smallest absolute Gasteiger partial charge is 0.339 e. The third-order valence-corrected chi connectivity index (χ3v) is 4.57. The average molecular weight is 444 g/mol. The van der Waals surface area contributed by atoms with Crippen LogP contribution in [0.5, 0.6) is 0 Å². The van der Waals surface area contributed by atoms with Crippen molar-refractivity contribution in [2.45, 2.75) is 20.1 Å². The summed E-state index contributed by atoms with van der Waals surface area (Å²) in [5.41, 5.74) is 2.30. The summed E-state index contributed by atoms with van der Waals surface area (Å²) in [5, 5.41) is 0. The molecule has 0 atom stereocenters. The van der Waals surface area contributed by atoms with E-state index in [1.807, 2.05) is 60.7 Å². The highest BCUT2D eigenvalue weighted by atomic mass is 16.5. The van der Waals surface area contributed by atoms with Crippen LogP contribution in [0.4, 0.5) is 0 Å². The summed E-state index contributed by atoms with van der Waals surface area (Å²) in [6, 6.07) is 22.4. The number of hydrogen-bond donors (Lipinski definition) is 0. The van der Waals surface area contributed by atoms with Gasteiger partial charge in [0.2, 0.25) is 0 Å². The highest BCUT2D eigenvalue weighted by molar-refractivity contribution is 6.05. The minimum atomic E-state index is -0.762. The van der Waals surface area contributed by atoms with Crippen molar-refractivity contribution in [2.75, 3.05) is 6.61 Å². The van der Waals surface area contributed by atoms with Crippen LogP contribution in [-0.2, 0) is 27.4 Å². The largest absolute Gasteiger partial charge is 0.458 e. The molecular weight excluding hydrogens is 420 g/mol. The minimum Gasteiger partial charge on any atom is -0.458 e. The molecule has 0 aliphatic carbocycles. The number of carbonyl (C=O) groups is 3. The van der Waals surface area contributed by atoms with Gasteiger partial charge in [-0.05, 0) is 41.8 Å². The number of hydrogen-bond acceptors (Lipinski definition) is 6. The molecule has 3 aromatic rings. The molecule has 0 aromatic heterocycles. The van der Waals surface area contributed by atoms with Gasteiger partial charge in [0, 0.05) is 0 Å². The molecule has 0 amide bonds. The summed E-state index contributed by atoms with van der Waals surface area (Å²) in [7, 11) is 0. The van der Waals surface area contributed by atoms with E-state index in [-0.39, 0.29) is 36.5 Å². The molecule has 3 rings (SSSR count). The van der Waals surface area contributed by atoms with Crippen LogP contribution < -0.4 is 0 Å². The van der Waals surface area contributed by atoms with Crippen LogP contribution in [0.2, 0.25) is 0 Å². The van der Waals surface area contributed by atoms with E-state index in [9.17, 15) is 14.4 Å². The van der Waals surface area contributed by atoms with Crippen LogP contribution in [0.1, 0.15) is 49.1 Å². The summed E-state index contributed by atoms with van der Waals surface area (Å²) >= 11 is 0. The molecular formula is C27H24O6. The van der Waals surface area contributed by atoms with Crippen molar-refractivity contribution in [1.82, 2.24) is 0 Å². The maximum atomic E-state index is 12.7. The molecule has 0 bridgehead atoms. The van der Waals surface area contributed by atoms with E-state index in [1.165, 1.54) is 18.2 Å². The van der Waals surface area contributed by atoms with E-state index in [0.29, 0.717) is 5.57 Å². The van der Waals surface area contributed by atoms with Gasteiger partial charge >= 0.3 is 17.9 Å². The molecule has 0 aliphatic rings.